The summed E-state index contributed by atoms with van der Waals surface area (Å²) >= 11 is 1.68. The maximum Gasteiger partial charge on any atom is 0.337 e. The molecule has 0 aromatic heterocycles. The van der Waals surface area contributed by atoms with E-state index < -0.39 is 17.9 Å². The number of morpholine rings is 3. The monoisotopic (exact) mass is 1150 g/mol. The molecule has 6 aromatic rings. The lowest BCUT2D eigenvalue weighted by Crippen LogP contribution is -2.36. The van der Waals surface area contributed by atoms with Gasteiger partial charge in [-0.05, 0) is 90.0 Å². The maximum absolute atomic E-state index is 11.6. The van der Waals surface area contributed by atoms with E-state index in [-0.39, 0.29) is 65.2 Å². The molecule has 6 N–H and O–H groups in total. The van der Waals surface area contributed by atoms with Gasteiger partial charge in [-0.15, -0.1) is 11.8 Å². The number of benzene rings is 6. The van der Waals surface area contributed by atoms with Gasteiger partial charge in [0.05, 0.1) is 90.5 Å². The average Bonchev–Trinajstić information content (AvgIpc) is 3.60. The van der Waals surface area contributed by atoms with Crippen molar-refractivity contribution in [1.29, 1.82) is 0 Å². The average molecular weight is 1160 g/mol. The third kappa shape index (κ3) is 18.2. The lowest BCUT2D eigenvalue weighted by molar-refractivity contribution is -0.116. The topological polar surface area (TPSA) is 255 Å². The van der Waals surface area contributed by atoms with Crippen LogP contribution in [-0.2, 0) is 41.0 Å². The summed E-state index contributed by atoms with van der Waals surface area (Å²) in [5, 5.41) is 36.3. The van der Waals surface area contributed by atoms with Crippen LogP contribution in [0.2, 0.25) is 0 Å². The molecule has 0 spiro atoms. The third-order valence-corrected chi connectivity index (χ3v) is 14.4. The zero-order valence-corrected chi connectivity index (χ0v) is 47.5. The zero-order chi connectivity index (χ0) is 59.1. The van der Waals surface area contributed by atoms with Gasteiger partial charge in [0.15, 0.2) is 5.75 Å². The van der Waals surface area contributed by atoms with Crippen LogP contribution in [0.3, 0.4) is 0 Å². The minimum absolute atomic E-state index is 0.0156. The van der Waals surface area contributed by atoms with Crippen LogP contribution in [-0.4, -0.2) is 130 Å². The van der Waals surface area contributed by atoms with Crippen LogP contribution in [0, 0.1) is 0 Å². The molecule has 3 aliphatic heterocycles. The Morgan fingerprint density at radius 1 is 0.470 bits per heavy atom. The van der Waals surface area contributed by atoms with Crippen molar-refractivity contribution >= 4 is 81.5 Å². The Bertz CT molecular complexity index is 3060. The highest BCUT2D eigenvalue weighted by Gasteiger charge is 2.21. The Kier molecular flexibility index (Phi) is 23.6. The smallest absolute Gasteiger partial charge is 0.337 e. The number of carbonyl (C=O) groups is 6. The lowest BCUT2D eigenvalue weighted by atomic mass is 10.1. The predicted octanol–water partition coefficient (Wildman–Crippen LogP) is 10.4. The van der Waals surface area contributed by atoms with Crippen molar-refractivity contribution in [1.82, 2.24) is 0 Å². The molecule has 3 fully saturated rings. The molecule has 0 unspecified atom stereocenters. The van der Waals surface area contributed by atoms with Gasteiger partial charge in [0.1, 0.15) is 18.1 Å². The molecule has 0 atom stereocenters. The molecule has 0 bridgehead atoms. The molecule has 21 heteroatoms. The number of hydrogen-bond acceptors (Lipinski definition) is 15. The Morgan fingerprint density at radius 3 is 1.34 bits per heavy atom. The fourth-order valence-corrected chi connectivity index (χ4v) is 9.89. The van der Waals surface area contributed by atoms with Gasteiger partial charge in [0, 0.05) is 69.2 Å². The molecule has 3 aliphatic rings. The molecule has 3 amide bonds. The summed E-state index contributed by atoms with van der Waals surface area (Å²) in [7, 11) is 0. The Labute approximate surface area is 486 Å². The van der Waals surface area contributed by atoms with Crippen LogP contribution in [0.1, 0.15) is 82.2 Å². The molecule has 0 saturated carbocycles. The first-order chi connectivity index (χ1) is 40.2. The number of carboxylic acid groups (broad SMARTS) is 3. The van der Waals surface area contributed by atoms with Crippen molar-refractivity contribution in [2.24, 2.45) is 0 Å². The van der Waals surface area contributed by atoms with Gasteiger partial charge in [0.25, 0.3) is 0 Å². The number of anilines is 6. The number of carbonyl (C=O) groups excluding carboxylic acids is 3. The normalized spacial score (nSPS) is 13.9. The fraction of sp³-hybridized carbons (Fsp3) is 0.323. The molecule has 6 aromatic carbocycles. The first-order valence-electron chi connectivity index (χ1n) is 27.4. The van der Waals surface area contributed by atoms with E-state index in [0.717, 1.165) is 80.1 Å². The van der Waals surface area contributed by atoms with Crippen LogP contribution >= 0.6 is 11.8 Å². The quantitative estimate of drug-likeness (QED) is 0.0389. The van der Waals surface area contributed by atoms with Gasteiger partial charge in [-0.3, -0.25) is 14.4 Å². The molecule has 438 valence electrons. The highest BCUT2D eigenvalue weighted by atomic mass is 32.2. The minimum atomic E-state index is -1.13. The summed E-state index contributed by atoms with van der Waals surface area (Å²) in [6.45, 7) is 14.4. The van der Waals surface area contributed by atoms with E-state index in [4.69, 9.17) is 23.7 Å². The highest BCUT2D eigenvalue weighted by Crippen LogP contribution is 2.36. The van der Waals surface area contributed by atoms with Crippen molar-refractivity contribution in [2.45, 2.75) is 57.3 Å². The number of amides is 3. The van der Waals surface area contributed by atoms with Crippen LogP contribution in [0.5, 0.6) is 17.2 Å². The van der Waals surface area contributed by atoms with E-state index in [9.17, 15) is 44.1 Å². The number of nitrogens with one attached hydrogen (secondary N) is 3. The molecule has 3 heterocycles. The van der Waals surface area contributed by atoms with Gasteiger partial charge in [-0.25, -0.2) is 14.4 Å². The van der Waals surface area contributed by atoms with Gasteiger partial charge in [-0.2, -0.15) is 0 Å². The van der Waals surface area contributed by atoms with E-state index in [0.29, 0.717) is 61.4 Å². The molecule has 0 radical (unpaired) electrons. The first-order valence-corrected chi connectivity index (χ1v) is 28.4. The van der Waals surface area contributed by atoms with Crippen molar-refractivity contribution < 1.29 is 67.8 Å². The van der Waals surface area contributed by atoms with Crippen LogP contribution in [0.15, 0.2) is 132 Å². The first kappa shape index (κ1) is 62.0. The Balaban J connectivity index is 0.000000179. The van der Waals surface area contributed by atoms with Crippen molar-refractivity contribution in [3.05, 3.63) is 155 Å². The number of rotatable bonds is 20. The molecule has 20 nitrogen and oxygen atoms in total. The van der Waals surface area contributed by atoms with Gasteiger partial charge in [-0.1, -0.05) is 69.3 Å². The van der Waals surface area contributed by atoms with E-state index in [1.54, 1.807) is 68.9 Å². The molecule has 0 aliphatic carbocycles. The fourth-order valence-electron chi connectivity index (χ4n) is 8.87. The number of aromatic carboxylic acids is 3. The van der Waals surface area contributed by atoms with Crippen LogP contribution < -0.4 is 40.1 Å². The van der Waals surface area contributed by atoms with Crippen molar-refractivity contribution in [2.75, 3.05) is 110 Å². The Morgan fingerprint density at radius 2 is 0.855 bits per heavy atom. The number of carboxylic acids is 3. The largest absolute Gasteiger partial charge is 0.487 e. The second kappa shape index (κ2) is 31.5. The summed E-state index contributed by atoms with van der Waals surface area (Å²) < 4.78 is 28.2. The summed E-state index contributed by atoms with van der Waals surface area (Å²) in [6.07, 6.45) is 0.849. The maximum atomic E-state index is 11.6. The number of nitrogens with zero attached hydrogens (tertiary/aromatic N) is 3. The highest BCUT2D eigenvalue weighted by molar-refractivity contribution is 7.98. The molecular formula is C62H70N6O14S. The summed E-state index contributed by atoms with van der Waals surface area (Å²) in [5.41, 5.74) is 5.74. The van der Waals surface area contributed by atoms with E-state index >= 15 is 0 Å². The number of thioether (sulfide) groups is 1. The summed E-state index contributed by atoms with van der Waals surface area (Å²) in [4.78, 5) is 77.4. The standard InChI is InChI=1S/C21H24N2O5.C21H24N2O4S.C20H22N2O5/c2*1-2-20(24)22-17-8-7-15(13-16(17)21(25)26)14-28-19-6-4-3-5-18(19)23-9-11-27-12-10-23;1-2-19(23)21-16-8-7-14(13-15(16)20(24)25)27-18-6-4-3-5-17(18)22-9-11-26-12-10-22/h2*3-8,13H,2,9-12,14H2,1H3,(H,22,24)(H,25,26);3-8,13H,2,9-12H2,1H3,(H,21,23)(H,24,25). The lowest BCUT2D eigenvalue weighted by Gasteiger charge is -2.30. The van der Waals surface area contributed by atoms with Gasteiger partial charge in [0.2, 0.25) is 17.7 Å². The van der Waals surface area contributed by atoms with E-state index in [1.807, 2.05) is 66.7 Å². The van der Waals surface area contributed by atoms with E-state index in [2.05, 4.69) is 42.8 Å². The molecule has 3 saturated heterocycles. The number of hydrogen-bond donors (Lipinski definition) is 6. The number of para-hydroxylation sites is 5. The predicted molar refractivity (Wildman–Crippen MR) is 319 cm³/mol. The third-order valence-electron chi connectivity index (χ3n) is 13.3. The summed E-state index contributed by atoms with van der Waals surface area (Å²) in [6, 6.07) is 38.3. The van der Waals surface area contributed by atoms with Gasteiger partial charge < -0.3 is 69.7 Å². The molecule has 9 rings (SSSR count). The Hall–Kier alpha value is -8.63. The summed E-state index contributed by atoms with van der Waals surface area (Å²) in [5.74, 6) is -1.54. The van der Waals surface area contributed by atoms with E-state index in [1.165, 1.54) is 17.8 Å². The molecular weight excluding hydrogens is 1080 g/mol. The zero-order valence-electron chi connectivity index (χ0n) is 46.7. The number of ether oxygens (including phenoxy) is 5. The molecule has 83 heavy (non-hydrogen) atoms. The van der Waals surface area contributed by atoms with Crippen molar-refractivity contribution in [3.63, 3.8) is 0 Å². The minimum Gasteiger partial charge on any atom is -0.487 e. The van der Waals surface area contributed by atoms with Crippen LogP contribution in [0.4, 0.5) is 34.1 Å². The van der Waals surface area contributed by atoms with Gasteiger partial charge >= 0.3 is 17.9 Å². The second-order valence-corrected chi connectivity index (χ2v) is 20.0. The SMILES string of the molecule is CCC(=O)Nc1ccc(COc2ccccc2N2CCOCC2)cc1C(=O)O.CCC(=O)Nc1ccc(CSc2ccccc2N2CCOCC2)cc1C(=O)O.CCC(=O)Nc1ccc(Oc2ccccc2N2CCOCC2)cc1C(=O)O. The van der Waals surface area contributed by atoms with Crippen molar-refractivity contribution in [3.8, 4) is 17.2 Å². The second-order valence-electron chi connectivity index (χ2n) is 19.0. The van der Waals surface area contributed by atoms with Crippen LogP contribution in [0.25, 0.3) is 0 Å².